The summed E-state index contributed by atoms with van der Waals surface area (Å²) in [5, 5.41) is 40.8. The standard InChI is InChI=1S/C57H94O21/c1-13-34-54(72-30(6)59)47(61)45-33-15-14-31-20-32(16-18-56(31,7)35(33)17-19-57(34,45)8)73-41-21-36(64-9)50(26(2)68-41)75-42-22-37(65-10)51(27(3)69-42)76-43-23-38(66-11)52(28(4)70-43)77-44-24-39(67-12)53(29(5)71-44)78-55-49(63)48(62)46(60)40(25-58)74-55/h26-29,31-46,48-55,58,60,62-63H,13-25H2,1-12H3. The Hall–Kier alpha value is -1.58. The van der Waals surface area contributed by atoms with Crippen LogP contribution in [0.4, 0.5) is 0 Å². The fraction of sp³-hybridized carbons (Fsp3) is 0.965. The summed E-state index contributed by atoms with van der Waals surface area (Å²) < 4.78 is 94.0. The number of esters is 1. The van der Waals surface area contributed by atoms with Crippen LogP contribution in [0.15, 0.2) is 0 Å². The summed E-state index contributed by atoms with van der Waals surface area (Å²) in [6, 6.07) is 0. The molecule has 0 aromatic rings. The van der Waals surface area contributed by atoms with E-state index in [0.29, 0.717) is 37.0 Å². The van der Waals surface area contributed by atoms with Gasteiger partial charge in [-0.15, -0.1) is 0 Å². The van der Waals surface area contributed by atoms with Crippen molar-refractivity contribution in [2.45, 2.75) is 274 Å². The number of carbonyl (C=O) groups is 2. The van der Waals surface area contributed by atoms with E-state index in [9.17, 15) is 30.0 Å². The van der Waals surface area contributed by atoms with Crippen molar-refractivity contribution in [3.63, 3.8) is 0 Å². The Morgan fingerprint density at radius 1 is 0.590 bits per heavy atom. The van der Waals surface area contributed by atoms with Crippen LogP contribution in [-0.2, 0) is 80.6 Å². The molecule has 30 atom stereocenters. The molecule has 4 saturated carbocycles. The predicted molar refractivity (Wildman–Crippen MR) is 274 cm³/mol. The van der Waals surface area contributed by atoms with Crippen molar-refractivity contribution in [1.29, 1.82) is 0 Å². The number of rotatable bonds is 17. The summed E-state index contributed by atoms with van der Waals surface area (Å²) in [7, 11) is 6.48. The van der Waals surface area contributed by atoms with Crippen molar-refractivity contribution in [2.24, 2.45) is 40.4 Å². The lowest BCUT2D eigenvalue weighted by Crippen LogP contribution is -2.62. The van der Waals surface area contributed by atoms with Gasteiger partial charge in [0, 0.05) is 72.9 Å². The van der Waals surface area contributed by atoms with Gasteiger partial charge in [-0.3, -0.25) is 9.59 Å². The number of Topliss-reactive ketones (excluding diaryl/α,β-unsaturated/α-hetero) is 1. The van der Waals surface area contributed by atoms with Gasteiger partial charge in [0.05, 0.1) is 61.5 Å². The van der Waals surface area contributed by atoms with Gasteiger partial charge in [-0.05, 0) is 108 Å². The van der Waals surface area contributed by atoms with Gasteiger partial charge in [0.1, 0.15) is 48.8 Å². The summed E-state index contributed by atoms with van der Waals surface area (Å²) in [4.78, 5) is 26.3. The monoisotopic (exact) mass is 1110 g/mol. The van der Waals surface area contributed by atoms with E-state index in [4.69, 9.17) is 71.1 Å². The first kappa shape index (κ1) is 61.0. The zero-order chi connectivity index (χ0) is 56.1. The number of hydrogen-bond donors (Lipinski definition) is 4. The average molecular weight is 1120 g/mol. The second kappa shape index (κ2) is 25.3. The minimum Gasteiger partial charge on any atom is -0.454 e. The Kier molecular flexibility index (Phi) is 19.8. The zero-order valence-corrected chi connectivity index (χ0v) is 48.1. The molecule has 9 fully saturated rings. The van der Waals surface area contributed by atoms with E-state index < -0.39 is 130 Å². The molecule has 5 saturated heterocycles. The molecule has 9 aliphatic rings. The molecule has 21 heteroatoms. The smallest absolute Gasteiger partial charge is 0.303 e. The van der Waals surface area contributed by atoms with E-state index in [1.807, 2.05) is 20.8 Å². The summed E-state index contributed by atoms with van der Waals surface area (Å²) >= 11 is 0. The Balaban J connectivity index is 0.741. The first-order valence-corrected chi connectivity index (χ1v) is 29.2. The lowest BCUT2D eigenvalue weighted by molar-refractivity contribution is -0.359. The van der Waals surface area contributed by atoms with Crippen molar-refractivity contribution in [3.8, 4) is 0 Å². The van der Waals surface area contributed by atoms with E-state index in [1.165, 1.54) is 14.0 Å². The van der Waals surface area contributed by atoms with E-state index in [-0.39, 0.29) is 59.2 Å². The molecule has 0 radical (unpaired) electrons. The van der Waals surface area contributed by atoms with E-state index in [1.54, 1.807) is 28.3 Å². The highest BCUT2D eigenvalue weighted by Gasteiger charge is 2.66. The van der Waals surface area contributed by atoms with Crippen molar-refractivity contribution in [3.05, 3.63) is 0 Å². The lowest BCUT2D eigenvalue weighted by atomic mass is 9.44. The molecule has 4 N–H and O–H groups in total. The maximum atomic E-state index is 14.2. The molecule has 9 rings (SSSR count). The number of ether oxygens (including phenoxy) is 15. The fourth-order valence-electron chi connectivity index (χ4n) is 16.4. The van der Waals surface area contributed by atoms with Crippen molar-refractivity contribution >= 4 is 11.8 Å². The third-order valence-electron chi connectivity index (χ3n) is 20.5. The molecular weight excluding hydrogens is 1020 g/mol. The van der Waals surface area contributed by atoms with Crippen molar-refractivity contribution in [1.82, 2.24) is 0 Å². The Bertz CT molecular complexity index is 1980. The van der Waals surface area contributed by atoms with Gasteiger partial charge in [-0.2, -0.15) is 0 Å². The molecule has 5 aliphatic heterocycles. The molecule has 30 unspecified atom stereocenters. The van der Waals surface area contributed by atoms with Crippen LogP contribution >= 0.6 is 0 Å². The number of ketones is 1. The highest BCUT2D eigenvalue weighted by Crippen LogP contribution is 2.67. The first-order chi connectivity index (χ1) is 37.2. The number of carbonyl (C=O) groups excluding carboxylic acids is 2. The van der Waals surface area contributed by atoms with Gasteiger partial charge in [0.25, 0.3) is 0 Å². The van der Waals surface area contributed by atoms with Crippen LogP contribution in [0.2, 0.25) is 0 Å². The minimum atomic E-state index is -1.59. The molecule has 4 aliphatic carbocycles. The van der Waals surface area contributed by atoms with Crippen LogP contribution in [0.3, 0.4) is 0 Å². The fourth-order valence-corrected chi connectivity index (χ4v) is 16.4. The second-order valence-electron chi connectivity index (χ2n) is 24.8. The normalized spacial score (nSPS) is 51.8. The SMILES string of the molecule is CCC1C(OC(C)=O)C(=O)C2C3CCC4CC(OC5CC(OC)C(OC6CC(OC)C(OC7CC(OC)C(OC8CC(OC)C(OC9OC(CO)C(O)C(O)C9O)C(C)O8)C(C)O7)C(C)O6)C(C)O5)CCC4(C)C3CCC12C. The number of aliphatic hydroxyl groups excluding tert-OH is 4. The van der Waals surface area contributed by atoms with Crippen molar-refractivity contribution in [2.75, 3.05) is 35.0 Å². The quantitative estimate of drug-likeness (QED) is 0.118. The van der Waals surface area contributed by atoms with Crippen LogP contribution in [0.25, 0.3) is 0 Å². The molecule has 78 heavy (non-hydrogen) atoms. The maximum Gasteiger partial charge on any atom is 0.303 e. The number of methoxy groups -OCH3 is 4. The predicted octanol–water partition coefficient (Wildman–Crippen LogP) is 4.10. The van der Waals surface area contributed by atoms with Crippen LogP contribution in [0, 0.1) is 40.4 Å². The van der Waals surface area contributed by atoms with E-state index >= 15 is 0 Å². The Morgan fingerprint density at radius 2 is 1.05 bits per heavy atom. The van der Waals surface area contributed by atoms with Gasteiger partial charge in [-0.1, -0.05) is 20.8 Å². The van der Waals surface area contributed by atoms with Gasteiger partial charge in [0.2, 0.25) is 0 Å². The molecule has 0 spiro atoms. The second-order valence-corrected chi connectivity index (χ2v) is 24.8. The maximum absolute atomic E-state index is 14.2. The van der Waals surface area contributed by atoms with Crippen LogP contribution in [-0.4, -0.2) is 209 Å². The first-order valence-electron chi connectivity index (χ1n) is 29.2. The molecule has 5 heterocycles. The summed E-state index contributed by atoms with van der Waals surface area (Å²) in [6.07, 6.45) is -6.81. The number of aliphatic hydroxyl groups is 4. The third-order valence-corrected chi connectivity index (χ3v) is 20.5. The van der Waals surface area contributed by atoms with Crippen LogP contribution in [0.5, 0.6) is 0 Å². The molecule has 0 aromatic carbocycles. The molecular formula is C57H94O21. The third kappa shape index (κ3) is 11.9. The molecule has 0 aromatic heterocycles. The summed E-state index contributed by atoms with van der Waals surface area (Å²) in [5.74, 6) is 1.05. The van der Waals surface area contributed by atoms with Crippen molar-refractivity contribution < 1.29 is 101 Å². The molecule has 448 valence electrons. The zero-order valence-electron chi connectivity index (χ0n) is 48.1. The molecule has 21 nitrogen and oxygen atoms in total. The Morgan fingerprint density at radius 3 is 1.50 bits per heavy atom. The molecule has 0 amide bonds. The van der Waals surface area contributed by atoms with E-state index in [0.717, 1.165) is 51.4 Å². The molecule has 0 bridgehead atoms. The number of hydrogen-bond acceptors (Lipinski definition) is 21. The van der Waals surface area contributed by atoms with Gasteiger partial charge in [-0.25, -0.2) is 0 Å². The Labute approximate surface area is 460 Å². The highest BCUT2D eigenvalue weighted by molar-refractivity contribution is 5.91. The highest BCUT2D eigenvalue weighted by atomic mass is 16.8. The largest absolute Gasteiger partial charge is 0.454 e. The topological polar surface area (TPSA) is 254 Å². The minimum absolute atomic E-state index is 0.0486. The summed E-state index contributed by atoms with van der Waals surface area (Å²) in [5.41, 5.74) is -0.0248. The van der Waals surface area contributed by atoms with Gasteiger partial charge in [0.15, 0.2) is 43.3 Å². The summed E-state index contributed by atoms with van der Waals surface area (Å²) in [6.45, 7) is 15.3. The lowest BCUT2D eigenvalue weighted by Gasteiger charge is -2.60. The van der Waals surface area contributed by atoms with Crippen LogP contribution < -0.4 is 0 Å². The van der Waals surface area contributed by atoms with Crippen LogP contribution in [0.1, 0.15) is 132 Å². The average Bonchev–Trinajstić information content (AvgIpc) is 3.63. The van der Waals surface area contributed by atoms with E-state index in [2.05, 4.69) is 20.8 Å². The van der Waals surface area contributed by atoms with Gasteiger partial charge >= 0.3 is 5.97 Å². The number of fused-ring (bicyclic) bond motifs is 5. The van der Waals surface area contributed by atoms with Gasteiger partial charge < -0.3 is 91.5 Å².